The lowest BCUT2D eigenvalue weighted by Crippen LogP contribution is -2.49. The Kier molecular flexibility index (Phi) is 4.05. The summed E-state index contributed by atoms with van der Waals surface area (Å²) in [5, 5.41) is 4.08. The average Bonchev–Trinajstić information content (AvgIpc) is 2.90. The fraction of sp³-hybridized carbons (Fsp3) is 0.400. The van der Waals surface area contributed by atoms with Crippen LogP contribution in [0.5, 0.6) is 0 Å². The van der Waals surface area contributed by atoms with E-state index in [4.69, 9.17) is 16.0 Å². The summed E-state index contributed by atoms with van der Waals surface area (Å²) in [5.74, 6) is 0.630. The molecule has 1 N–H and O–H groups in total. The van der Waals surface area contributed by atoms with Crippen molar-refractivity contribution in [2.45, 2.75) is 19.5 Å². The molecule has 1 saturated heterocycles. The van der Waals surface area contributed by atoms with E-state index in [1.54, 1.807) is 6.26 Å². The van der Waals surface area contributed by atoms with Gasteiger partial charge in [-0.1, -0.05) is 17.7 Å². The molecule has 2 aromatic rings. The van der Waals surface area contributed by atoms with Crippen molar-refractivity contribution in [1.82, 2.24) is 15.2 Å². The highest BCUT2D eigenvalue weighted by molar-refractivity contribution is 6.30. The van der Waals surface area contributed by atoms with Crippen LogP contribution in [0.1, 0.15) is 12.6 Å². The summed E-state index contributed by atoms with van der Waals surface area (Å²) >= 11 is 5.99. The number of aromatic nitrogens is 1. The van der Waals surface area contributed by atoms with Crippen LogP contribution < -0.4 is 5.32 Å². The van der Waals surface area contributed by atoms with Crippen molar-refractivity contribution in [3.05, 3.63) is 41.2 Å². The predicted molar refractivity (Wildman–Crippen MR) is 79.7 cm³/mol. The summed E-state index contributed by atoms with van der Waals surface area (Å²) in [5.41, 5.74) is 1.88. The quantitative estimate of drug-likeness (QED) is 0.944. The molecule has 1 aliphatic heterocycles. The maximum Gasteiger partial charge on any atom is 0.226 e. The summed E-state index contributed by atoms with van der Waals surface area (Å²) in [7, 11) is 0. The van der Waals surface area contributed by atoms with Crippen molar-refractivity contribution < 1.29 is 4.42 Å². The second kappa shape index (κ2) is 5.95. The highest BCUT2D eigenvalue weighted by Gasteiger charge is 2.19. The molecule has 3 rings (SSSR count). The van der Waals surface area contributed by atoms with E-state index in [0.717, 1.165) is 37.4 Å². The fourth-order valence-electron chi connectivity index (χ4n) is 2.46. The molecule has 1 atom stereocenters. The summed E-state index contributed by atoms with van der Waals surface area (Å²) in [4.78, 5) is 6.98. The number of hydrogen-bond acceptors (Lipinski definition) is 4. The smallest absolute Gasteiger partial charge is 0.226 e. The maximum absolute atomic E-state index is 5.99. The number of benzene rings is 1. The van der Waals surface area contributed by atoms with Gasteiger partial charge in [0.25, 0.3) is 0 Å². The lowest BCUT2D eigenvalue weighted by molar-refractivity contribution is 0.163. The molecule has 0 radical (unpaired) electrons. The second-order valence-corrected chi connectivity index (χ2v) is 5.61. The van der Waals surface area contributed by atoms with Gasteiger partial charge in [0.1, 0.15) is 6.26 Å². The van der Waals surface area contributed by atoms with Crippen LogP contribution in [-0.2, 0) is 6.54 Å². The summed E-state index contributed by atoms with van der Waals surface area (Å²) < 4.78 is 5.57. The number of piperazine rings is 1. The monoisotopic (exact) mass is 291 g/mol. The van der Waals surface area contributed by atoms with E-state index in [-0.39, 0.29) is 0 Å². The Morgan fingerprint density at radius 3 is 3.20 bits per heavy atom. The number of hydrogen-bond donors (Lipinski definition) is 1. The normalized spacial score (nSPS) is 20.2. The zero-order valence-corrected chi connectivity index (χ0v) is 12.2. The van der Waals surface area contributed by atoms with E-state index in [1.807, 2.05) is 24.3 Å². The minimum Gasteiger partial charge on any atom is -0.444 e. The minimum atomic E-state index is 0.523. The lowest BCUT2D eigenvalue weighted by atomic mass is 10.2. The van der Waals surface area contributed by atoms with Gasteiger partial charge in [0.2, 0.25) is 5.89 Å². The number of nitrogens with one attached hydrogen (secondary N) is 1. The van der Waals surface area contributed by atoms with Crippen LogP contribution in [-0.4, -0.2) is 35.6 Å². The third-order valence-electron chi connectivity index (χ3n) is 3.63. The van der Waals surface area contributed by atoms with Crippen LogP contribution in [0.3, 0.4) is 0 Å². The Bertz CT molecular complexity index is 584. The van der Waals surface area contributed by atoms with Gasteiger partial charge in [-0.3, -0.25) is 4.90 Å². The fourth-order valence-corrected chi connectivity index (χ4v) is 2.65. The van der Waals surface area contributed by atoms with E-state index in [9.17, 15) is 0 Å². The van der Waals surface area contributed by atoms with Gasteiger partial charge in [-0.05, 0) is 25.1 Å². The van der Waals surface area contributed by atoms with Crippen LogP contribution in [0.15, 0.2) is 34.9 Å². The molecule has 1 aromatic carbocycles. The summed E-state index contributed by atoms with van der Waals surface area (Å²) in [6.07, 6.45) is 1.74. The topological polar surface area (TPSA) is 41.3 Å². The number of oxazole rings is 1. The first kappa shape index (κ1) is 13.6. The van der Waals surface area contributed by atoms with Crippen molar-refractivity contribution in [3.63, 3.8) is 0 Å². The molecule has 0 saturated carbocycles. The molecule has 0 bridgehead atoms. The van der Waals surface area contributed by atoms with Gasteiger partial charge in [-0.25, -0.2) is 4.98 Å². The van der Waals surface area contributed by atoms with Gasteiger partial charge >= 0.3 is 0 Å². The van der Waals surface area contributed by atoms with Crippen molar-refractivity contribution in [1.29, 1.82) is 0 Å². The van der Waals surface area contributed by atoms with Crippen molar-refractivity contribution >= 4 is 11.6 Å². The first-order valence-electron chi connectivity index (χ1n) is 6.87. The largest absolute Gasteiger partial charge is 0.444 e. The van der Waals surface area contributed by atoms with E-state index >= 15 is 0 Å². The first-order chi connectivity index (χ1) is 9.72. The second-order valence-electron chi connectivity index (χ2n) is 5.18. The van der Waals surface area contributed by atoms with E-state index in [2.05, 4.69) is 22.1 Å². The number of rotatable bonds is 3. The third-order valence-corrected chi connectivity index (χ3v) is 3.86. The molecule has 4 nitrogen and oxygen atoms in total. The Hall–Kier alpha value is -1.36. The Balaban J connectivity index is 1.73. The van der Waals surface area contributed by atoms with Gasteiger partial charge in [-0.2, -0.15) is 0 Å². The van der Waals surface area contributed by atoms with Crippen LogP contribution in [0, 0.1) is 0 Å². The van der Waals surface area contributed by atoms with Crippen LogP contribution in [0.4, 0.5) is 0 Å². The third kappa shape index (κ3) is 3.03. The number of halogens is 1. The van der Waals surface area contributed by atoms with Gasteiger partial charge in [0.15, 0.2) is 0 Å². The highest BCUT2D eigenvalue weighted by Crippen LogP contribution is 2.22. The van der Waals surface area contributed by atoms with E-state index in [1.165, 1.54) is 0 Å². The summed E-state index contributed by atoms with van der Waals surface area (Å²) in [6.45, 7) is 6.15. The predicted octanol–water partition coefficient (Wildman–Crippen LogP) is 2.79. The van der Waals surface area contributed by atoms with Crippen molar-refractivity contribution in [2.75, 3.05) is 19.6 Å². The molecule has 0 amide bonds. The van der Waals surface area contributed by atoms with Crippen LogP contribution in [0.2, 0.25) is 5.02 Å². The Morgan fingerprint density at radius 1 is 1.50 bits per heavy atom. The minimum absolute atomic E-state index is 0.523. The standard InChI is InChI=1S/C15H18ClN3O/c1-11-8-17-5-6-19(11)9-14-10-20-15(18-14)12-3-2-4-13(16)7-12/h2-4,7,10-11,17H,5-6,8-9H2,1H3/t11-/m0/s1. The SMILES string of the molecule is C[C@H]1CNCCN1Cc1coc(-c2cccc(Cl)c2)n1. The molecular weight excluding hydrogens is 274 g/mol. The van der Waals surface area contributed by atoms with E-state index in [0.29, 0.717) is 17.0 Å². The molecule has 0 spiro atoms. The van der Waals surface area contributed by atoms with Crippen molar-refractivity contribution in [2.24, 2.45) is 0 Å². The first-order valence-corrected chi connectivity index (χ1v) is 7.25. The highest BCUT2D eigenvalue weighted by atomic mass is 35.5. The van der Waals surface area contributed by atoms with E-state index < -0.39 is 0 Å². The average molecular weight is 292 g/mol. The van der Waals surface area contributed by atoms with Crippen LogP contribution in [0.25, 0.3) is 11.5 Å². The van der Waals surface area contributed by atoms with Gasteiger partial charge in [0, 0.05) is 42.8 Å². The Morgan fingerprint density at radius 2 is 2.40 bits per heavy atom. The molecule has 0 unspecified atom stereocenters. The van der Waals surface area contributed by atoms with Gasteiger partial charge in [0.05, 0.1) is 5.69 Å². The molecule has 1 aliphatic rings. The number of nitrogens with zero attached hydrogens (tertiary/aromatic N) is 2. The summed E-state index contributed by atoms with van der Waals surface area (Å²) in [6, 6.07) is 8.09. The molecule has 1 aromatic heterocycles. The molecule has 0 aliphatic carbocycles. The molecular formula is C15H18ClN3O. The Labute approximate surface area is 123 Å². The zero-order chi connectivity index (χ0) is 13.9. The molecule has 2 heterocycles. The molecule has 20 heavy (non-hydrogen) atoms. The van der Waals surface area contributed by atoms with Crippen molar-refractivity contribution in [3.8, 4) is 11.5 Å². The zero-order valence-electron chi connectivity index (χ0n) is 11.5. The maximum atomic E-state index is 5.99. The molecule has 1 fully saturated rings. The molecule has 5 heteroatoms. The lowest BCUT2D eigenvalue weighted by Gasteiger charge is -2.33. The van der Waals surface area contributed by atoms with Crippen LogP contribution >= 0.6 is 11.6 Å². The van der Waals surface area contributed by atoms with Gasteiger partial charge < -0.3 is 9.73 Å². The van der Waals surface area contributed by atoms with Gasteiger partial charge in [-0.15, -0.1) is 0 Å². The molecule has 106 valence electrons.